The summed E-state index contributed by atoms with van der Waals surface area (Å²) in [5.41, 5.74) is 2.27. The van der Waals surface area contributed by atoms with Gasteiger partial charge in [0.15, 0.2) is 0 Å². The largest absolute Gasteiger partial charge is 0.351 e. The smallest absolute Gasteiger partial charge is 0.228 e. The molecule has 0 aliphatic carbocycles. The summed E-state index contributed by atoms with van der Waals surface area (Å²) in [5.74, 6) is 0.215. The molecular weight excluding hydrogens is 340 g/mol. The van der Waals surface area contributed by atoms with Crippen molar-refractivity contribution in [3.63, 3.8) is 0 Å². The predicted molar refractivity (Wildman–Crippen MR) is 98.3 cm³/mol. The van der Waals surface area contributed by atoms with Crippen LogP contribution in [0.4, 0.5) is 0 Å². The van der Waals surface area contributed by atoms with Crippen LogP contribution < -0.4 is 5.32 Å². The van der Waals surface area contributed by atoms with E-state index in [9.17, 15) is 4.79 Å². The highest BCUT2D eigenvalue weighted by molar-refractivity contribution is 7.16. The van der Waals surface area contributed by atoms with E-state index in [2.05, 4.69) is 40.5 Å². The molecule has 1 spiro atoms. The average Bonchev–Trinajstić information content (AvgIpc) is 2.93. The van der Waals surface area contributed by atoms with Crippen LogP contribution in [0.3, 0.4) is 0 Å². The molecule has 0 radical (unpaired) electrons. The van der Waals surface area contributed by atoms with E-state index < -0.39 is 0 Å². The Bertz CT molecular complexity index is 759. The second-order valence-electron chi connectivity index (χ2n) is 6.93. The number of carbonyl (C=O) groups excluding carboxylic acids is 1. The fourth-order valence-electron chi connectivity index (χ4n) is 4.06. The van der Waals surface area contributed by atoms with E-state index in [1.165, 1.54) is 16.0 Å². The molecule has 5 heteroatoms. The van der Waals surface area contributed by atoms with Gasteiger partial charge in [0.05, 0.1) is 9.75 Å². The van der Waals surface area contributed by atoms with Crippen LogP contribution in [-0.4, -0.2) is 23.9 Å². The number of hydrogen-bond donors (Lipinski definition) is 1. The summed E-state index contributed by atoms with van der Waals surface area (Å²) in [6.45, 7) is 3.40. The molecule has 1 atom stereocenters. The number of fused-ring (bicyclic) bond motifs is 1. The van der Waals surface area contributed by atoms with Gasteiger partial charge < -0.3 is 5.32 Å². The molecule has 1 aromatic heterocycles. The van der Waals surface area contributed by atoms with Gasteiger partial charge >= 0.3 is 0 Å². The quantitative estimate of drug-likeness (QED) is 0.882. The summed E-state index contributed by atoms with van der Waals surface area (Å²) in [5, 5.41) is 3.17. The molecular formula is C19H21ClN2OS. The molecule has 4 rings (SSSR count). The summed E-state index contributed by atoms with van der Waals surface area (Å²) in [7, 11) is 0. The van der Waals surface area contributed by atoms with E-state index in [-0.39, 0.29) is 11.3 Å². The number of benzene rings is 1. The first kappa shape index (κ1) is 16.1. The molecule has 0 bridgehead atoms. The van der Waals surface area contributed by atoms with Gasteiger partial charge in [-0.1, -0.05) is 35.9 Å². The van der Waals surface area contributed by atoms with Crippen LogP contribution in [-0.2, 0) is 24.3 Å². The van der Waals surface area contributed by atoms with Crippen molar-refractivity contribution in [1.29, 1.82) is 0 Å². The Morgan fingerprint density at radius 3 is 2.83 bits per heavy atom. The molecule has 126 valence electrons. The van der Waals surface area contributed by atoms with Crippen LogP contribution in [0.25, 0.3) is 0 Å². The summed E-state index contributed by atoms with van der Waals surface area (Å²) in [6.07, 6.45) is 2.88. The Balaban J connectivity index is 1.57. The first-order valence-electron chi connectivity index (χ1n) is 8.46. The third-order valence-electron chi connectivity index (χ3n) is 5.23. The molecule has 24 heavy (non-hydrogen) atoms. The lowest BCUT2D eigenvalue weighted by Gasteiger charge is -2.41. The second kappa shape index (κ2) is 6.51. The first-order valence-corrected chi connectivity index (χ1v) is 9.66. The van der Waals surface area contributed by atoms with Gasteiger partial charge in [0.25, 0.3) is 0 Å². The molecule has 1 N–H and O–H groups in total. The number of rotatable bonds is 2. The SMILES string of the molecule is O=C1NCc2ccccc2CC12CCCN(Cc1ccc(Cl)s1)C2. The number of nitrogens with zero attached hydrogens (tertiary/aromatic N) is 1. The number of thiophene rings is 1. The lowest BCUT2D eigenvalue weighted by Crippen LogP contribution is -2.51. The van der Waals surface area contributed by atoms with Crippen molar-refractivity contribution >= 4 is 28.8 Å². The normalized spacial score (nSPS) is 24.5. The molecule has 1 amide bonds. The molecule has 2 aliphatic heterocycles. The Morgan fingerprint density at radius 1 is 1.21 bits per heavy atom. The Hall–Kier alpha value is -1.36. The Morgan fingerprint density at radius 2 is 2.04 bits per heavy atom. The fourth-order valence-corrected chi connectivity index (χ4v) is 5.19. The van der Waals surface area contributed by atoms with Gasteiger partial charge in [0.2, 0.25) is 5.91 Å². The minimum absolute atomic E-state index is 0.215. The van der Waals surface area contributed by atoms with Crippen molar-refractivity contribution in [3.8, 4) is 0 Å². The highest BCUT2D eigenvalue weighted by Gasteiger charge is 2.43. The third-order valence-corrected chi connectivity index (χ3v) is 6.45. The van der Waals surface area contributed by atoms with E-state index in [4.69, 9.17) is 11.6 Å². The van der Waals surface area contributed by atoms with Crippen LogP contribution in [0.5, 0.6) is 0 Å². The number of likely N-dealkylation sites (tertiary alicyclic amines) is 1. The monoisotopic (exact) mass is 360 g/mol. The minimum Gasteiger partial charge on any atom is -0.351 e. The number of halogens is 1. The Kier molecular flexibility index (Phi) is 4.37. The average molecular weight is 361 g/mol. The van der Waals surface area contributed by atoms with Crippen molar-refractivity contribution in [1.82, 2.24) is 10.2 Å². The van der Waals surface area contributed by atoms with Gasteiger partial charge in [-0.15, -0.1) is 11.3 Å². The van der Waals surface area contributed by atoms with Gasteiger partial charge in [-0.25, -0.2) is 0 Å². The van der Waals surface area contributed by atoms with Crippen molar-refractivity contribution in [2.75, 3.05) is 13.1 Å². The highest BCUT2D eigenvalue weighted by atomic mass is 35.5. The van der Waals surface area contributed by atoms with Crippen molar-refractivity contribution < 1.29 is 4.79 Å². The molecule has 1 fully saturated rings. The summed E-state index contributed by atoms with van der Waals surface area (Å²) in [4.78, 5) is 16.6. The number of piperidine rings is 1. The van der Waals surface area contributed by atoms with Gasteiger partial charge in [0, 0.05) is 24.5 Å². The fraction of sp³-hybridized carbons (Fsp3) is 0.421. The number of amides is 1. The van der Waals surface area contributed by atoms with Crippen molar-refractivity contribution in [3.05, 3.63) is 56.7 Å². The zero-order valence-corrected chi connectivity index (χ0v) is 15.1. The molecule has 1 saturated heterocycles. The third kappa shape index (κ3) is 3.10. The van der Waals surface area contributed by atoms with Crippen LogP contribution >= 0.6 is 22.9 Å². The zero-order chi connectivity index (χ0) is 16.6. The molecule has 1 unspecified atom stereocenters. The van der Waals surface area contributed by atoms with E-state index in [1.807, 2.05) is 6.07 Å². The van der Waals surface area contributed by atoms with E-state index in [0.29, 0.717) is 6.54 Å². The molecule has 3 nitrogen and oxygen atoms in total. The van der Waals surface area contributed by atoms with E-state index >= 15 is 0 Å². The van der Waals surface area contributed by atoms with Gasteiger partial charge in [-0.2, -0.15) is 0 Å². The van der Waals surface area contributed by atoms with Crippen LogP contribution in [0.2, 0.25) is 4.34 Å². The number of nitrogens with one attached hydrogen (secondary N) is 1. The lowest BCUT2D eigenvalue weighted by molar-refractivity contribution is -0.134. The van der Waals surface area contributed by atoms with Crippen molar-refractivity contribution in [2.45, 2.75) is 32.4 Å². The second-order valence-corrected chi connectivity index (χ2v) is 8.73. The standard InChI is InChI=1S/C19H21ClN2OS/c20-17-7-6-16(24-17)12-22-9-3-8-19(13-22)10-14-4-1-2-5-15(14)11-21-18(19)23/h1-2,4-7H,3,8-13H2,(H,21,23). The first-order chi connectivity index (χ1) is 11.6. The van der Waals surface area contributed by atoms with Gasteiger partial charge in [-0.3, -0.25) is 9.69 Å². The van der Waals surface area contributed by atoms with E-state index in [0.717, 1.165) is 43.2 Å². The van der Waals surface area contributed by atoms with Crippen LogP contribution in [0.1, 0.15) is 28.8 Å². The minimum atomic E-state index is -0.300. The van der Waals surface area contributed by atoms with E-state index in [1.54, 1.807) is 11.3 Å². The maximum absolute atomic E-state index is 12.9. The number of carbonyl (C=O) groups is 1. The molecule has 2 aromatic rings. The maximum Gasteiger partial charge on any atom is 0.228 e. The van der Waals surface area contributed by atoms with Crippen LogP contribution in [0.15, 0.2) is 36.4 Å². The van der Waals surface area contributed by atoms with Crippen LogP contribution in [0, 0.1) is 5.41 Å². The molecule has 0 saturated carbocycles. The maximum atomic E-state index is 12.9. The van der Waals surface area contributed by atoms with Gasteiger partial charge in [0.1, 0.15) is 0 Å². The van der Waals surface area contributed by atoms with Gasteiger partial charge in [-0.05, 0) is 49.1 Å². The highest BCUT2D eigenvalue weighted by Crippen LogP contribution is 2.37. The number of hydrogen-bond acceptors (Lipinski definition) is 3. The lowest BCUT2D eigenvalue weighted by atomic mass is 9.74. The topological polar surface area (TPSA) is 32.3 Å². The Labute approximate surface area is 151 Å². The van der Waals surface area contributed by atoms with Crippen molar-refractivity contribution in [2.24, 2.45) is 5.41 Å². The molecule has 1 aromatic carbocycles. The summed E-state index contributed by atoms with van der Waals surface area (Å²) < 4.78 is 0.831. The molecule has 2 aliphatic rings. The predicted octanol–water partition coefficient (Wildman–Crippen LogP) is 3.86. The summed E-state index contributed by atoms with van der Waals surface area (Å²) in [6, 6.07) is 12.5. The summed E-state index contributed by atoms with van der Waals surface area (Å²) >= 11 is 7.69. The zero-order valence-electron chi connectivity index (χ0n) is 13.6. The molecule has 3 heterocycles.